The SMILES string of the molecule is COc1ccc(O)c(C(=O)CCCCCCC(=O)c2cc(OC)ccc2O)c1. The van der Waals surface area contributed by atoms with E-state index in [2.05, 4.69) is 0 Å². The van der Waals surface area contributed by atoms with Gasteiger partial charge in [0.1, 0.15) is 23.0 Å². The van der Waals surface area contributed by atoms with Crippen LogP contribution in [-0.4, -0.2) is 36.0 Å². The molecule has 6 heteroatoms. The summed E-state index contributed by atoms with van der Waals surface area (Å²) in [5.74, 6) is 0.701. The first-order valence-electron chi connectivity index (χ1n) is 9.26. The van der Waals surface area contributed by atoms with Gasteiger partial charge in [0.15, 0.2) is 11.6 Å². The highest BCUT2D eigenvalue weighted by molar-refractivity contribution is 5.99. The van der Waals surface area contributed by atoms with E-state index in [1.807, 2.05) is 0 Å². The normalized spacial score (nSPS) is 10.5. The second kappa shape index (κ2) is 10.3. The Morgan fingerprint density at radius 2 is 1.11 bits per heavy atom. The van der Waals surface area contributed by atoms with Gasteiger partial charge in [-0.15, -0.1) is 0 Å². The molecule has 2 aromatic carbocycles. The van der Waals surface area contributed by atoms with Gasteiger partial charge in [-0.2, -0.15) is 0 Å². The number of phenolic OH excluding ortho intramolecular Hbond substituents is 2. The van der Waals surface area contributed by atoms with Crippen molar-refractivity contribution in [2.75, 3.05) is 14.2 Å². The van der Waals surface area contributed by atoms with E-state index < -0.39 is 0 Å². The monoisotopic (exact) mass is 386 g/mol. The molecular weight excluding hydrogens is 360 g/mol. The summed E-state index contributed by atoms with van der Waals surface area (Å²) in [7, 11) is 3.01. The molecule has 6 nitrogen and oxygen atoms in total. The third-order valence-corrected chi connectivity index (χ3v) is 4.57. The van der Waals surface area contributed by atoms with Gasteiger partial charge in [0, 0.05) is 12.8 Å². The van der Waals surface area contributed by atoms with Crippen molar-refractivity contribution >= 4 is 11.6 Å². The van der Waals surface area contributed by atoms with Crippen LogP contribution in [-0.2, 0) is 0 Å². The molecule has 0 saturated heterocycles. The average molecular weight is 386 g/mol. The van der Waals surface area contributed by atoms with Gasteiger partial charge in [0.25, 0.3) is 0 Å². The molecule has 2 N–H and O–H groups in total. The van der Waals surface area contributed by atoms with Crippen LogP contribution in [0.3, 0.4) is 0 Å². The summed E-state index contributed by atoms with van der Waals surface area (Å²) in [6, 6.07) is 9.18. The highest BCUT2D eigenvalue weighted by Crippen LogP contribution is 2.26. The second-order valence-electron chi connectivity index (χ2n) is 6.53. The molecule has 0 radical (unpaired) electrons. The predicted octanol–water partition coefficient (Wildman–Crippen LogP) is 4.52. The number of carbonyl (C=O) groups excluding carboxylic acids is 2. The standard InChI is InChI=1S/C22H26O6/c1-27-15-9-11-21(25)17(13-15)19(23)7-5-3-4-6-8-20(24)18-14-16(28-2)10-12-22(18)26/h9-14,25-26H,3-8H2,1-2H3. The molecule has 0 saturated carbocycles. The third kappa shape index (κ3) is 5.74. The lowest BCUT2D eigenvalue weighted by molar-refractivity contribution is 0.0963. The summed E-state index contributed by atoms with van der Waals surface area (Å²) in [6.45, 7) is 0. The fourth-order valence-corrected chi connectivity index (χ4v) is 2.92. The molecule has 0 aromatic heterocycles. The quantitative estimate of drug-likeness (QED) is 0.436. The minimum absolute atomic E-state index is 0.0468. The first-order valence-corrected chi connectivity index (χ1v) is 9.26. The molecule has 0 bridgehead atoms. The molecule has 0 amide bonds. The second-order valence-corrected chi connectivity index (χ2v) is 6.53. The number of rotatable bonds is 11. The fourth-order valence-electron chi connectivity index (χ4n) is 2.92. The van der Waals surface area contributed by atoms with Gasteiger partial charge in [-0.3, -0.25) is 9.59 Å². The van der Waals surface area contributed by atoms with Crippen LogP contribution in [0.15, 0.2) is 36.4 Å². The molecule has 150 valence electrons. The Labute approximate surface area is 164 Å². The number of phenols is 2. The number of benzene rings is 2. The van der Waals surface area contributed by atoms with Crippen molar-refractivity contribution in [3.05, 3.63) is 47.5 Å². The molecule has 0 fully saturated rings. The number of ketones is 2. The molecule has 0 heterocycles. The fraction of sp³-hybridized carbons (Fsp3) is 0.364. The zero-order valence-corrected chi connectivity index (χ0v) is 16.2. The summed E-state index contributed by atoms with van der Waals surface area (Å²) in [5.41, 5.74) is 0.533. The maximum atomic E-state index is 12.2. The molecule has 0 unspecified atom stereocenters. The Morgan fingerprint density at radius 1 is 0.714 bits per heavy atom. The molecular formula is C22H26O6. The van der Waals surface area contributed by atoms with E-state index in [1.165, 1.54) is 38.5 Å². The lowest BCUT2D eigenvalue weighted by Gasteiger charge is -2.07. The van der Waals surface area contributed by atoms with Crippen molar-refractivity contribution in [2.24, 2.45) is 0 Å². The molecule has 2 aromatic rings. The first kappa shape index (κ1) is 21.3. The van der Waals surface area contributed by atoms with E-state index >= 15 is 0 Å². The van der Waals surface area contributed by atoms with E-state index in [1.54, 1.807) is 12.1 Å². The van der Waals surface area contributed by atoms with Gasteiger partial charge < -0.3 is 19.7 Å². The van der Waals surface area contributed by atoms with E-state index in [9.17, 15) is 19.8 Å². The van der Waals surface area contributed by atoms with Crippen LogP contribution in [0.25, 0.3) is 0 Å². The smallest absolute Gasteiger partial charge is 0.166 e. The number of methoxy groups -OCH3 is 2. The van der Waals surface area contributed by atoms with E-state index in [4.69, 9.17) is 9.47 Å². The number of unbranched alkanes of at least 4 members (excludes halogenated alkanes) is 3. The topological polar surface area (TPSA) is 93.1 Å². The number of hydrogen-bond donors (Lipinski definition) is 2. The van der Waals surface area contributed by atoms with Crippen LogP contribution < -0.4 is 9.47 Å². The molecule has 0 aliphatic heterocycles. The van der Waals surface area contributed by atoms with Crippen molar-refractivity contribution in [1.82, 2.24) is 0 Å². The predicted molar refractivity (Wildman–Crippen MR) is 106 cm³/mol. The van der Waals surface area contributed by atoms with Gasteiger partial charge in [-0.05, 0) is 49.2 Å². The number of Topliss-reactive ketones (excluding diaryl/α,β-unsaturated/α-hetero) is 2. The molecule has 28 heavy (non-hydrogen) atoms. The van der Waals surface area contributed by atoms with Crippen LogP contribution in [0.2, 0.25) is 0 Å². The zero-order chi connectivity index (χ0) is 20.5. The Morgan fingerprint density at radius 3 is 1.46 bits per heavy atom. The lowest BCUT2D eigenvalue weighted by atomic mass is 10.0. The van der Waals surface area contributed by atoms with Crippen molar-refractivity contribution in [2.45, 2.75) is 38.5 Å². The highest BCUT2D eigenvalue weighted by atomic mass is 16.5. The Balaban J connectivity index is 1.73. The number of carbonyl (C=O) groups is 2. The van der Waals surface area contributed by atoms with Gasteiger partial charge in [0.2, 0.25) is 0 Å². The van der Waals surface area contributed by atoms with E-state index in [-0.39, 0.29) is 34.2 Å². The Hall–Kier alpha value is -3.02. The Bertz CT molecular complexity index is 758. The Kier molecular flexibility index (Phi) is 7.87. The lowest BCUT2D eigenvalue weighted by Crippen LogP contribution is -2.01. The summed E-state index contributed by atoms with van der Waals surface area (Å²) in [5, 5.41) is 19.7. The summed E-state index contributed by atoms with van der Waals surface area (Å²) < 4.78 is 10.2. The van der Waals surface area contributed by atoms with Crippen molar-refractivity contribution < 1.29 is 29.3 Å². The van der Waals surface area contributed by atoms with Crippen LogP contribution >= 0.6 is 0 Å². The van der Waals surface area contributed by atoms with Crippen molar-refractivity contribution in [3.8, 4) is 23.0 Å². The van der Waals surface area contributed by atoms with Gasteiger partial charge in [-0.1, -0.05) is 12.8 Å². The average Bonchev–Trinajstić information content (AvgIpc) is 2.70. The maximum absolute atomic E-state index is 12.2. The van der Waals surface area contributed by atoms with Crippen LogP contribution in [0, 0.1) is 0 Å². The third-order valence-electron chi connectivity index (χ3n) is 4.57. The number of ether oxygens (including phenoxy) is 2. The molecule has 0 atom stereocenters. The van der Waals surface area contributed by atoms with Crippen LogP contribution in [0.5, 0.6) is 23.0 Å². The molecule has 0 spiro atoms. The minimum Gasteiger partial charge on any atom is -0.507 e. The van der Waals surface area contributed by atoms with Crippen molar-refractivity contribution in [1.29, 1.82) is 0 Å². The van der Waals surface area contributed by atoms with E-state index in [0.29, 0.717) is 37.2 Å². The zero-order valence-electron chi connectivity index (χ0n) is 16.2. The summed E-state index contributed by atoms with van der Waals surface area (Å²) >= 11 is 0. The van der Waals surface area contributed by atoms with E-state index in [0.717, 1.165) is 12.8 Å². The van der Waals surface area contributed by atoms with Crippen LogP contribution in [0.4, 0.5) is 0 Å². The maximum Gasteiger partial charge on any atom is 0.166 e. The molecule has 2 rings (SSSR count). The van der Waals surface area contributed by atoms with Crippen LogP contribution in [0.1, 0.15) is 59.2 Å². The summed E-state index contributed by atoms with van der Waals surface area (Å²) in [6.07, 6.45) is 3.60. The van der Waals surface area contributed by atoms with Gasteiger partial charge >= 0.3 is 0 Å². The first-order chi connectivity index (χ1) is 13.5. The number of hydrogen-bond acceptors (Lipinski definition) is 6. The van der Waals surface area contributed by atoms with Crippen molar-refractivity contribution in [3.63, 3.8) is 0 Å². The highest BCUT2D eigenvalue weighted by Gasteiger charge is 2.14. The summed E-state index contributed by atoms with van der Waals surface area (Å²) in [4.78, 5) is 24.5. The van der Waals surface area contributed by atoms with Gasteiger partial charge in [0.05, 0.1) is 25.3 Å². The molecule has 0 aliphatic rings. The largest absolute Gasteiger partial charge is 0.507 e. The minimum atomic E-state index is -0.131. The number of aromatic hydroxyl groups is 2. The molecule has 0 aliphatic carbocycles. The van der Waals surface area contributed by atoms with Gasteiger partial charge in [-0.25, -0.2) is 0 Å².